The molecule has 2 amide bonds. The number of piperidine rings is 1. The number of carbonyl (C=O) groups is 2. The number of hydrogen-bond acceptors (Lipinski definition) is 7. The summed E-state index contributed by atoms with van der Waals surface area (Å²) in [5.41, 5.74) is 0.158. The summed E-state index contributed by atoms with van der Waals surface area (Å²) < 4.78 is 21.6. The molecule has 0 radical (unpaired) electrons. The smallest absolute Gasteiger partial charge is 0.243 e. The van der Waals surface area contributed by atoms with Crippen LogP contribution in [0.15, 0.2) is 24.4 Å². The van der Waals surface area contributed by atoms with Gasteiger partial charge in [-0.3, -0.25) is 14.9 Å². The highest BCUT2D eigenvalue weighted by Gasteiger charge is 2.31. The van der Waals surface area contributed by atoms with Gasteiger partial charge in [0.1, 0.15) is 5.60 Å². The third kappa shape index (κ3) is 5.98. The lowest BCUT2D eigenvalue weighted by Gasteiger charge is -2.28. The summed E-state index contributed by atoms with van der Waals surface area (Å²) in [7, 11) is 0. The highest BCUT2D eigenvalue weighted by Crippen LogP contribution is 2.33. The first-order valence-corrected chi connectivity index (χ1v) is 12.0. The molecule has 1 aromatic heterocycles. The van der Waals surface area contributed by atoms with Crippen LogP contribution in [0.5, 0.6) is 5.75 Å². The summed E-state index contributed by atoms with van der Waals surface area (Å²) in [6, 6.07) is 4.15. The molecule has 2 fully saturated rings. The van der Waals surface area contributed by atoms with Crippen LogP contribution in [0, 0.1) is 11.7 Å². The van der Waals surface area contributed by atoms with Gasteiger partial charge < -0.3 is 15.2 Å². The Balaban J connectivity index is 1.35. The first-order valence-electron chi connectivity index (χ1n) is 12.0. The molecule has 1 saturated heterocycles. The summed E-state index contributed by atoms with van der Waals surface area (Å²) in [6.45, 7) is 3.13. The van der Waals surface area contributed by atoms with Gasteiger partial charge in [-0.1, -0.05) is 18.2 Å². The van der Waals surface area contributed by atoms with Crippen LogP contribution in [-0.2, 0) is 28.2 Å². The number of benzene rings is 1. The van der Waals surface area contributed by atoms with E-state index in [1.807, 2.05) is 6.92 Å². The van der Waals surface area contributed by atoms with Crippen LogP contribution in [0.3, 0.4) is 0 Å². The van der Waals surface area contributed by atoms with Crippen LogP contribution < -0.4 is 15.4 Å². The molecular weight excluding hydrogens is 441 g/mol. The highest BCUT2D eigenvalue weighted by molar-refractivity contribution is 6.00. The Morgan fingerprint density at radius 3 is 2.88 bits per heavy atom. The van der Waals surface area contributed by atoms with Crippen molar-refractivity contribution in [3.63, 3.8) is 0 Å². The van der Waals surface area contributed by atoms with Crippen LogP contribution in [-0.4, -0.2) is 51.1 Å². The molecule has 2 aromatic rings. The van der Waals surface area contributed by atoms with E-state index in [1.54, 1.807) is 23.0 Å². The number of rotatable bonds is 12. The lowest BCUT2D eigenvalue weighted by molar-refractivity contribution is -0.134. The van der Waals surface area contributed by atoms with Crippen LogP contribution in [0.4, 0.5) is 4.39 Å². The van der Waals surface area contributed by atoms with Crippen molar-refractivity contribution in [1.29, 1.82) is 0 Å². The molecule has 1 aromatic carbocycles. The molecule has 2 atom stereocenters. The van der Waals surface area contributed by atoms with Gasteiger partial charge in [0.2, 0.25) is 11.8 Å². The topological polar surface area (TPSA) is 118 Å². The van der Waals surface area contributed by atoms with E-state index in [4.69, 9.17) is 4.74 Å². The zero-order valence-electron chi connectivity index (χ0n) is 19.4. The zero-order valence-corrected chi connectivity index (χ0v) is 19.4. The fourth-order valence-electron chi connectivity index (χ4n) is 4.09. The van der Waals surface area contributed by atoms with Gasteiger partial charge >= 0.3 is 0 Å². The summed E-state index contributed by atoms with van der Waals surface area (Å²) in [5, 5.41) is 25.1. The predicted molar refractivity (Wildman–Crippen MR) is 121 cm³/mol. The Labute approximate surface area is 198 Å². The lowest BCUT2D eigenvalue weighted by atomic mass is 9.90. The molecule has 3 N–H and O–H groups in total. The largest absolute Gasteiger partial charge is 0.490 e. The van der Waals surface area contributed by atoms with Gasteiger partial charge in [0.15, 0.2) is 11.6 Å². The number of hydrogen-bond donors (Lipinski definition) is 3. The minimum absolute atomic E-state index is 0.162. The number of aliphatic hydroxyl groups is 1. The van der Waals surface area contributed by atoms with E-state index in [0.717, 1.165) is 25.0 Å². The SMILES string of the molecule is CCC(O)(Cn1nncc1CCCNC1CCC(=O)NC1=O)c1ccc(F)c(OCC2CC2)c1. The van der Waals surface area contributed by atoms with E-state index in [9.17, 15) is 19.1 Å². The molecule has 10 heteroatoms. The molecule has 2 aliphatic rings. The van der Waals surface area contributed by atoms with Crippen molar-refractivity contribution < 1.29 is 23.8 Å². The molecule has 184 valence electrons. The van der Waals surface area contributed by atoms with E-state index in [-0.39, 0.29) is 30.2 Å². The molecule has 1 aliphatic heterocycles. The summed E-state index contributed by atoms with van der Waals surface area (Å²) in [6.07, 6.45) is 6.49. The predicted octanol–water partition coefficient (Wildman–Crippen LogP) is 1.83. The summed E-state index contributed by atoms with van der Waals surface area (Å²) in [5.74, 6) is -0.294. The molecule has 9 nitrogen and oxygen atoms in total. The van der Waals surface area contributed by atoms with Crippen molar-refractivity contribution in [3.8, 4) is 5.75 Å². The second-order valence-electron chi connectivity index (χ2n) is 9.23. The van der Waals surface area contributed by atoms with Crippen molar-refractivity contribution in [2.24, 2.45) is 5.92 Å². The summed E-state index contributed by atoms with van der Waals surface area (Å²) in [4.78, 5) is 23.1. The molecule has 0 spiro atoms. The van der Waals surface area contributed by atoms with E-state index in [2.05, 4.69) is 20.9 Å². The number of halogens is 1. The van der Waals surface area contributed by atoms with Crippen molar-refractivity contribution in [2.75, 3.05) is 13.2 Å². The Hall–Kier alpha value is -2.85. The van der Waals surface area contributed by atoms with Gasteiger partial charge in [-0.25, -0.2) is 9.07 Å². The third-order valence-electron chi connectivity index (χ3n) is 6.57. The number of nitrogens with one attached hydrogen (secondary N) is 2. The number of aromatic nitrogens is 3. The van der Waals surface area contributed by atoms with Crippen molar-refractivity contribution in [1.82, 2.24) is 25.6 Å². The second kappa shape index (κ2) is 10.6. The lowest BCUT2D eigenvalue weighted by Crippen LogP contribution is -2.50. The van der Waals surface area contributed by atoms with Gasteiger partial charge in [-0.05, 0) is 68.7 Å². The third-order valence-corrected chi connectivity index (χ3v) is 6.57. The Kier molecular flexibility index (Phi) is 7.57. The quantitative estimate of drug-likeness (QED) is 0.318. The maximum Gasteiger partial charge on any atom is 0.243 e. The van der Waals surface area contributed by atoms with Crippen molar-refractivity contribution >= 4 is 11.8 Å². The van der Waals surface area contributed by atoms with Crippen LogP contribution in [0.2, 0.25) is 0 Å². The number of amides is 2. The normalized spacial score (nSPS) is 20.1. The maximum atomic E-state index is 14.2. The minimum Gasteiger partial charge on any atom is -0.490 e. The van der Waals surface area contributed by atoms with Gasteiger partial charge in [-0.2, -0.15) is 0 Å². The van der Waals surface area contributed by atoms with Gasteiger partial charge in [0.05, 0.1) is 31.1 Å². The molecular formula is C24H32FN5O4. The Morgan fingerprint density at radius 1 is 1.32 bits per heavy atom. The fraction of sp³-hybridized carbons (Fsp3) is 0.583. The molecule has 2 unspecified atom stereocenters. The zero-order chi connectivity index (χ0) is 24.1. The molecule has 4 rings (SSSR count). The monoisotopic (exact) mass is 473 g/mol. The standard InChI is InChI=1S/C24H32FN5O4/c1-2-24(33,17-7-8-19(25)21(12-17)34-14-16-5-6-16)15-30-18(13-27-29-30)4-3-11-26-20-9-10-22(31)28-23(20)32/h7-8,12-13,16,20,26,33H,2-6,9-11,14-15H2,1H3,(H,28,31,32). The maximum absolute atomic E-state index is 14.2. The number of nitrogens with zero attached hydrogens (tertiary/aromatic N) is 3. The van der Waals surface area contributed by atoms with Crippen molar-refractivity contribution in [2.45, 2.75) is 70.1 Å². The number of aryl methyl sites for hydroxylation is 1. The summed E-state index contributed by atoms with van der Waals surface area (Å²) >= 11 is 0. The highest BCUT2D eigenvalue weighted by atomic mass is 19.1. The average Bonchev–Trinajstić information content (AvgIpc) is 3.55. The van der Waals surface area contributed by atoms with Gasteiger partial charge in [0.25, 0.3) is 0 Å². The first kappa shape index (κ1) is 24.3. The molecule has 0 bridgehead atoms. The van der Waals surface area contributed by atoms with E-state index >= 15 is 0 Å². The molecule has 1 aliphatic carbocycles. The van der Waals surface area contributed by atoms with Crippen LogP contribution in [0.1, 0.15) is 56.7 Å². The van der Waals surface area contributed by atoms with Crippen LogP contribution >= 0.6 is 0 Å². The average molecular weight is 474 g/mol. The second-order valence-corrected chi connectivity index (χ2v) is 9.23. The van der Waals surface area contributed by atoms with E-state index < -0.39 is 11.4 Å². The first-order chi connectivity index (χ1) is 16.4. The fourth-order valence-corrected chi connectivity index (χ4v) is 4.09. The number of ether oxygens (including phenoxy) is 1. The van der Waals surface area contributed by atoms with E-state index in [0.29, 0.717) is 50.3 Å². The van der Waals surface area contributed by atoms with Gasteiger partial charge in [0, 0.05) is 6.42 Å². The van der Waals surface area contributed by atoms with Crippen molar-refractivity contribution in [3.05, 3.63) is 41.5 Å². The Bertz CT molecular complexity index is 1020. The number of carbonyl (C=O) groups excluding carboxylic acids is 2. The Morgan fingerprint density at radius 2 is 2.15 bits per heavy atom. The van der Waals surface area contributed by atoms with E-state index in [1.165, 1.54) is 6.07 Å². The van der Waals surface area contributed by atoms with Crippen LogP contribution in [0.25, 0.3) is 0 Å². The minimum atomic E-state index is -1.27. The number of imide groups is 1. The van der Waals surface area contributed by atoms with Gasteiger partial charge in [-0.15, -0.1) is 5.10 Å². The molecule has 2 heterocycles. The molecule has 34 heavy (non-hydrogen) atoms. The molecule has 1 saturated carbocycles.